The van der Waals surface area contributed by atoms with Gasteiger partial charge in [-0.3, -0.25) is 0 Å². The highest BCUT2D eigenvalue weighted by molar-refractivity contribution is 6.31. The van der Waals surface area contributed by atoms with E-state index >= 15 is 0 Å². The minimum atomic E-state index is -0.534. The SMILES string of the molecule is COc1cc(COC(=O)NCc2ccc(C)c(Cl)c2)ccc1O. The standard InChI is InChI=1S/C17H18ClNO4/c1-11-3-4-12(7-14(11)18)9-19-17(21)23-10-13-5-6-15(20)16(8-13)22-2/h3-8,20H,9-10H2,1-2H3,(H,19,21). The Morgan fingerprint density at radius 1 is 1.22 bits per heavy atom. The number of phenolic OH excluding ortho intramolecular Hbond substituents is 1. The number of aromatic hydroxyl groups is 1. The molecule has 0 aliphatic heterocycles. The highest BCUT2D eigenvalue weighted by Gasteiger charge is 2.07. The third kappa shape index (κ3) is 4.79. The summed E-state index contributed by atoms with van der Waals surface area (Å²) in [6, 6.07) is 10.4. The second kappa shape index (κ2) is 7.74. The molecule has 0 radical (unpaired) electrons. The van der Waals surface area contributed by atoms with Crippen LogP contribution in [0.5, 0.6) is 11.5 Å². The lowest BCUT2D eigenvalue weighted by molar-refractivity contribution is 0.139. The largest absolute Gasteiger partial charge is 0.504 e. The molecular formula is C17H18ClNO4. The summed E-state index contributed by atoms with van der Waals surface area (Å²) >= 11 is 6.04. The van der Waals surface area contributed by atoms with E-state index in [1.54, 1.807) is 12.1 Å². The molecule has 5 nitrogen and oxygen atoms in total. The van der Waals surface area contributed by atoms with Gasteiger partial charge in [0.2, 0.25) is 0 Å². The smallest absolute Gasteiger partial charge is 0.407 e. The molecule has 122 valence electrons. The normalized spacial score (nSPS) is 10.2. The fraction of sp³-hybridized carbons (Fsp3) is 0.235. The van der Waals surface area contributed by atoms with Crippen LogP contribution in [-0.4, -0.2) is 18.3 Å². The molecule has 0 bridgehead atoms. The van der Waals surface area contributed by atoms with Gasteiger partial charge in [-0.2, -0.15) is 0 Å². The van der Waals surface area contributed by atoms with Gasteiger partial charge < -0.3 is 19.9 Å². The third-order valence-corrected chi connectivity index (χ3v) is 3.69. The molecule has 6 heteroatoms. The first-order valence-electron chi connectivity index (χ1n) is 7.01. The van der Waals surface area contributed by atoms with E-state index < -0.39 is 6.09 Å². The van der Waals surface area contributed by atoms with Crippen molar-refractivity contribution in [2.75, 3.05) is 7.11 Å². The summed E-state index contributed by atoms with van der Waals surface area (Å²) in [5.74, 6) is 0.373. The number of benzene rings is 2. The number of halogens is 1. The van der Waals surface area contributed by atoms with Crippen LogP contribution in [0.2, 0.25) is 5.02 Å². The summed E-state index contributed by atoms with van der Waals surface area (Å²) in [6.45, 7) is 2.33. The molecule has 2 aromatic rings. The number of nitrogens with one attached hydrogen (secondary N) is 1. The van der Waals surface area contributed by atoms with Crippen molar-refractivity contribution in [2.24, 2.45) is 0 Å². The van der Waals surface area contributed by atoms with Crippen molar-refractivity contribution in [3.63, 3.8) is 0 Å². The molecule has 0 saturated carbocycles. The summed E-state index contributed by atoms with van der Waals surface area (Å²) in [7, 11) is 1.46. The maximum Gasteiger partial charge on any atom is 0.407 e. The average Bonchev–Trinajstić information content (AvgIpc) is 2.55. The molecule has 0 aliphatic rings. The Balaban J connectivity index is 1.84. The fourth-order valence-corrected chi connectivity index (χ4v) is 2.14. The number of hydrogen-bond donors (Lipinski definition) is 2. The van der Waals surface area contributed by atoms with Gasteiger partial charge in [-0.05, 0) is 41.8 Å². The summed E-state index contributed by atoms with van der Waals surface area (Å²) in [6.07, 6.45) is -0.534. The molecule has 0 saturated heterocycles. The van der Waals surface area contributed by atoms with Gasteiger partial charge in [0.25, 0.3) is 0 Å². The fourth-order valence-electron chi connectivity index (χ4n) is 1.93. The number of rotatable bonds is 5. The van der Waals surface area contributed by atoms with Crippen LogP contribution in [0.15, 0.2) is 36.4 Å². The van der Waals surface area contributed by atoms with Crippen molar-refractivity contribution in [1.82, 2.24) is 5.32 Å². The van der Waals surface area contributed by atoms with Crippen LogP contribution in [0.4, 0.5) is 4.79 Å². The van der Waals surface area contributed by atoms with Crippen LogP contribution in [0.25, 0.3) is 0 Å². The van der Waals surface area contributed by atoms with Crippen LogP contribution in [-0.2, 0) is 17.9 Å². The van der Waals surface area contributed by atoms with Gasteiger partial charge in [0.15, 0.2) is 11.5 Å². The molecule has 0 fully saturated rings. The lowest BCUT2D eigenvalue weighted by atomic mass is 10.1. The Hall–Kier alpha value is -2.40. The van der Waals surface area contributed by atoms with Gasteiger partial charge >= 0.3 is 6.09 Å². The van der Waals surface area contributed by atoms with E-state index in [1.165, 1.54) is 13.2 Å². The zero-order valence-electron chi connectivity index (χ0n) is 12.9. The van der Waals surface area contributed by atoms with E-state index in [9.17, 15) is 9.90 Å². The molecule has 2 aromatic carbocycles. The lowest BCUT2D eigenvalue weighted by Gasteiger charge is -2.09. The minimum absolute atomic E-state index is 0.0388. The minimum Gasteiger partial charge on any atom is -0.504 e. The summed E-state index contributed by atoms with van der Waals surface area (Å²) in [5, 5.41) is 12.8. The summed E-state index contributed by atoms with van der Waals surface area (Å²) in [5.41, 5.74) is 2.59. The highest BCUT2D eigenvalue weighted by Crippen LogP contribution is 2.26. The predicted molar refractivity (Wildman–Crippen MR) is 87.9 cm³/mol. The zero-order valence-corrected chi connectivity index (χ0v) is 13.7. The van der Waals surface area contributed by atoms with E-state index in [-0.39, 0.29) is 12.4 Å². The first-order valence-corrected chi connectivity index (χ1v) is 7.39. The molecule has 2 N–H and O–H groups in total. The lowest BCUT2D eigenvalue weighted by Crippen LogP contribution is -2.23. The topological polar surface area (TPSA) is 67.8 Å². The van der Waals surface area contributed by atoms with Crippen LogP contribution in [0, 0.1) is 6.92 Å². The van der Waals surface area contributed by atoms with Crippen LogP contribution in [0.3, 0.4) is 0 Å². The highest BCUT2D eigenvalue weighted by atomic mass is 35.5. The molecular weight excluding hydrogens is 318 g/mol. The van der Waals surface area contributed by atoms with Gasteiger partial charge in [0.1, 0.15) is 6.61 Å². The van der Waals surface area contributed by atoms with Crippen molar-refractivity contribution in [3.8, 4) is 11.5 Å². The number of ether oxygens (including phenoxy) is 2. The molecule has 0 heterocycles. The van der Waals surface area contributed by atoms with E-state index in [0.29, 0.717) is 22.9 Å². The van der Waals surface area contributed by atoms with Gasteiger partial charge in [0, 0.05) is 11.6 Å². The Morgan fingerprint density at radius 3 is 2.65 bits per heavy atom. The van der Waals surface area contributed by atoms with Crippen molar-refractivity contribution < 1.29 is 19.4 Å². The van der Waals surface area contributed by atoms with Gasteiger partial charge in [-0.15, -0.1) is 0 Å². The van der Waals surface area contributed by atoms with Crippen molar-refractivity contribution in [1.29, 1.82) is 0 Å². The van der Waals surface area contributed by atoms with E-state index in [2.05, 4.69) is 5.32 Å². The first kappa shape index (κ1) is 17.0. The molecule has 0 unspecified atom stereocenters. The zero-order chi connectivity index (χ0) is 16.8. The Morgan fingerprint density at radius 2 is 1.96 bits per heavy atom. The van der Waals surface area contributed by atoms with Crippen LogP contribution >= 0.6 is 11.6 Å². The summed E-state index contributed by atoms with van der Waals surface area (Å²) < 4.78 is 10.1. The number of methoxy groups -OCH3 is 1. The molecule has 23 heavy (non-hydrogen) atoms. The first-order chi connectivity index (χ1) is 11.0. The molecule has 1 amide bonds. The maximum atomic E-state index is 11.7. The number of phenols is 1. The Kier molecular flexibility index (Phi) is 5.71. The van der Waals surface area contributed by atoms with E-state index in [1.807, 2.05) is 25.1 Å². The third-order valence-electron chi connectivity index (χ3n) is 3.29. The average molecular weight is 336 g/mol. The molecule has 0 aliphatic carbocycles. The van der Waals surface area contributed by atoms with E-state index in [4.69, 9.17) is 21.1 Å². The monoisotopic (exact) mass is 335 g/mol. The predicted octanol–water partition coefficient (Wildman–Crippen LogP) is 3.79. The van der Waals surface area contributed by atoms with E-state index in [0.717, 1.165) is 11.1 Å². The van der Waals surface area contributed by atoms with Crippen LogP contribution < -0.4 is 10.1 Å². The molecule has 0 spiro atoms. The van der Waals surface area contributed by atoms with Gasteiger partial charge in [-0.25, -0.2) is 4.79 Å². The number of carbonyl (C=O) groups excluding carboxylic acids is 1. The Bertz CT molecular complexity index is 703. The number of amides is 1. The quantitative estimate of drug-likeness (QED) is 0.872. The summed E-state index contributed by atoms with van der Waals surface area (Å²) in [4.78, 5) is 11.7. The van der Waals surface area contributed by atoms with Crippen LogP contribution in [0.1, 0.15) is 16.7 Å². The van der Waals surface area contributed by atoms with Gasteiger partial charge in [0.05, 0.1) is 7.11 Å². The Labute approximate surface area is 139 Å². The number of carbonyl (C=O) groups is 1. The second-order valence-electron chi connectivity index (χ2n) is 5.02. The second-order valence-corrected chi connectivity index (χ2v) is 5.43. The molecule has 2 rings (SSSR count). The van der Waals surface area contributed by atoms with Crippen molar-refractivity contribution in [2.45, 2.75) is 20.1 Å². The molecule has 0 aromatic heterocycles. The van der Waals surface area contributed by atoms with Crippen molar-refractivity contribution in [3.05, 3.63) is 58.1 Å². The van der Waals surface area contributed by atoms with Crippen molar-refractivity contribution >= 4 is 17.7 Å². The number of hydrogen-bond acceptors (Lipinski definition) is 4. The maximum absolute atomic E-state index is 11.7. The van der Waals surface area contributed by atoms with Gasteiger partial charge in [-0.1, -0.05) is 29.8 Å². The number of alkyl carbamates (subject to hydrolysis) is 1. The number of aryl methyl sites for hydroxylation is 1. The molecule has 0 atom stereocenters.